The molecule has 4 rings (SSSR count). The van der Waals surface area contributed by atoms with E-state index in [-0.39, 0.29) is 17.4 Å². The summed E-state index contributed by atoms with van der Waals surface area (Å²) in [7, 11) is 0. The molecule has 0 fully saturated rings. The van der Waals surface area contributed by atoms with Crippen molar-refractivity contribution in [3.05, 3.63) is 76.9 Å². The second-order valence-corrected chi connectivity index (χ2v) is 8.55. The van der Waals surface area contributed by atoms with E-state index in [1.807, 2.05) is 29.9 Å². The maximum Gasteiger partial charge on any atom is 0.253 e. The average molecular weight is 374 g/mol. The fourth-order valence-electron chi connectivity index (χ4n) is 3.92. The summed E-state index contributed by atoms with van der Waals surface area (Å²) in [6.45, 7) is 8.48. The highest BCUT2D eigenvalue weighted by Gasteiger charge is 2.36. The molecule has 5 heteroatoms. The van der Waals surface area contributed by atoms with Crippen LogP contribution in [0.25, 0.3) is 5.69 Å². The maximum atomic E-state index is 12.8. The predicted molar refractivity (Wildman–Crippen MR) is 110 cm³/mol. The quantitative estimate of drug-likeness (QED) is 0.742. The van der Waals surface area contributed by atoms with Gasteiger partial charge in [-0.25, -0.2) is 4.68 Å². The highest BCUT2D eigenvalue weighted by atomic mass is 16.1. The van der Waals surface area contributed by atoms with E-state index >= 15 is 0 Å². The van der Waals surface area contributed by atoms with Gasteiger partial charge in [0.05, 0.1) is 29.2 Å². The first-order valence-electron chi connectivity index (χ1n) is 9.70. The number of carbonyl (C=O) groups excluding carboxylic acids is 1. The third-order valence-corrected chi connectivity index (χ3v) is 5.44. The van der Waals surface area contributed by atoms with Crippen molar-refractivity contribution < 1.29 is 4.79 Å². The third kappa shape index (κ3) is 3.57. The Morgan fingerprint density at radius 2 is 1.86 bits per heavy atom. The van der Waals surface area contributed by atoms with E-state index in [4.69, 9.17) is 0 Å². The van der Waals surface area contributed by atoms with Crippen molar-refractivity contribution in [3.8, 4) is 5.69 Å². The predicted octanol–water partition coefficient (Wildman–Crippen LogP) is 4.33. The van der Waals surface area contributed by atoms with Crippen LogP contribution in [0.3, 0.4) is 0 Å². The first-order chi connectivity index (χ1) is 13.3. The van der Waals surface area contributed by atoms with Crippen molar-refractivity contribution in [1.82, 2.24) is 20.1 Å². The molecule has 2 aromatic heterocycles. The smallest absolute Gasteiger partial charge is 0.253 e. The van der Waals surface area contributed by atoms with Crippen molar-refractivity contribution in [2.45, 2.75) is 46.6 Å². The molecule has 3 aromatic rings. The van der Waals surface area contributed by atoms with Gasteiger partial charge in [0.25, 0.3) is 5.91 Å². The van der Waals surface area contributed by atoms with E-state index in [0.29, 0.717) is 5.56 Å². The first-order valence-corrected chi connectivity index (χ1v) is 9.70. The molecule has 1 unspecified atom stereocenters. The molecule has 1 aliphatic rings. The number of nitrogens with one attached hydrogen (secondary N) is 1. The number of nitrogens with zero attached hydrogens (tertiary/aromatic N) is 3. The van der Waals surface area contributed by atoms with Gasteiger partial charge in [-0.3, -0.25) is 9.78 Å². The topological polar surface area (TPSA) is 59.8 Å². The fourth-order valence-corrected chi connectivity index (χ4v) is 3.92. The summed E-state index contributed by atoms with van der Waals surface area (Å²) < 4.78 is 2.02. The zero-order valence-electron chi connectivity index (χ0n) is 16.9. The molecule has 1 N–H and O–H groups in total. The second kappa shape index (κ2) is 6.89. The van der Waals surface area contributed by atoms with Crippen LogP contribution in [-0.4, -0.2) is 20.7 Å². The lowest BCUT2D eigenvalue weighted by molar-refractivity contribution is 0.0919. The van der Waals surface area contributed by atoms with Crippen LogP contribution in [0.2, 0.25) is 0 Å². The van der Waals surface area contributed by atoms with Crippen LogP contribution in [0.1, 0.15) is 59.2 Å². The number of hydrogen-bond acceptors (Lipinski definition) is 3. The lowest BCUT2D eigenvalue weighted by Crippen LogP contribution is -2.36. The van der Waals surface area contributed by atoms with Crippen LogP contribution in [0.15, 0.2) is 48.8 Å². The molecule has 144 valence electrons. The molecule has 0 spiro atoms. The molecule has 0 saturated heterocycles. The molecule has 1 aromatic carbocycles. The van der Waals surface area contributed by atoms with Gasteiger partial charge in [-0.1, -0.05) is 31.5 Å². The summed E-state index contributed by atoms with van der Waals surface area (Å²) in [5.41, 5.74) is 6.11. The lowest BCUT2D eigenvalue weighted by Gasteiger charge is -2.36. The Hall–Kier alpha value is -2.95. The van der Waals surface area contributed by atoms with Gasteiger partial charge in [-0.2, -0.15) is 5.10 Å². The third-order valence-electron chi connectivity index (χ3n) is 5.44. The number of carbonyl (C=O) groups is 1. The van der Waals surface area contributed by atoms with Crippen LogP contribution in [0.4, 0.5) is 0 Å². The molecular weight excluding hydrogens is 348 g/mol. The van der Waals surface area contributed by atoms with Crippen molar-refractivity contribution in [3.63, 3.8) is 0 Å². The average Bonchev–Trinajstić information content (AvgIpc) is 3.05. The molecule has 1 amide bonds. The number of benzene rings is 1. The van der Waals surface area contributed by atoms with E-state index < -0.39 is 0 Å². The van der Waals surface area contributed by atoms with E-state index in [1.165, 1.54) is 11.3 Å². The van der Waals surface area contributed by atoms with Crippen LogP contribution < -0.4 is 5.32 Å². The molecule has 0 bridgehead atoms. The minimum Gasteiger partial charge on any atom is -0.345 e. The minimum absolute atomic E-state index is 0.0632. The number of aryl methyl sites for hydroxylation is 2. The summed E-state index contributed by atoms with van der Waals surface area (Å²) in [6.07, 6.45) is 5.34. The monoisotopic (exact) mass is 374 g/mol. The Morgan fingerprint density at radius 3 is 2.54 bits per heavy atom. The number of aromatic nitrogens is 3. The van der Waals surface area contributed by atoms with Crippen LogP contribution in [0, 0.1) is 19.3 Å². The van der Waals surface area contributed by atoms with Gasteiger partial charge < -0.3 is 5.32 Å². The SMILES string of the molecule is Cc1ccc(-n2ncc3c2CC(C)(C)CC3NC(=O)c2ccc(C)nc2)cc1. The molecule has 0 saturated carbocycles. The largest absolute Gasteiger partial charge is 0.345 e. The Bertz CT molecular complexity index is 1000. The van der Waals surface area contributed by atoms with Crippen LogP contribution >= 0.6 is 0 Å². The van der Waals surface area contributed by atoms with Crippen molar-refractivity contribution >= 4 is 5.91 Å². The molecule has 1 aliphatic carbocycles. The van der Waals surface area contributed by atoms with Crippen molar-refractivity contribution in [2.24, 2.45) is 5.41 Å². The van der Waals surface area contributed by atoms with Gasteiger partial charge in [-0.15, -0.1) is 0 Å². The standard InChI is InChI=1S/C23H26N4O/c1-15-5-9-18(10-6-15)27-21-12-23(3,4)11-20(19(21)14-25-27)26-22(28)17-8-7-16(2)24-13-17/h5-10,13-14,20H,11-12H2,1-4H3,(H,26,28). The van der Waals surface area contributed by atoms with E-state index in [9.17, 15) is 4.79 Å². The Balaban J connectivity index is 1.66. The summed E-state index contributed by atoms with van der Waals surface area (Å²) in [6, 6.07) is 12.0. The van der Waals surface area contributed by atoms with Gasteiger partial charge in [0.1, 0.15) is 0 Å². The van der Waals surface area contributed by atoms with E-state index in [2.05, 4.69) is 60.4 Å². The maximum absolute atomic E-state index is 12.8. The number of amides is 1. The zero-order chi connectivity index (χ0) is 19.9. The molecule has 2 heterocycles. The van der Waals surface area contributed by atoms with Gasteiger partial charge >= 0.3 is 0 Å². The number of hydrogen-bond donors (Lipinski definition) is 1. The lowest BCUT2D eigenvalue weighted by atomic mass is 9.74. The minimum atomic E-state index is -0.0933. The highest BCUT2D eigenvalue weighted by molar-refractivity contribution is 5.94. The second-order valence-electron chi connectivity index (χ2n) is 8.55. The summed E-state index contributed by atoms with van der Waals surface area (Å²) >= 11 is 0. The molecule has 1 atom stereocenters. The summed E-state index contributed by atoms with van der Waals surface area (Å²) in [5.74, 6) is -0.0933. The molecule has 0 radical (unpaired) electrons. The molecule has 0 aliphatic heterocycles. The van der Waals surface area contributed by atoms with E-state index in [0.717, 1.165) is 29.8 Å². The Kier molecular flexibility index (Phi) is 4.53. The van der Waals surface area contributed by atoms with Crippen LogP contribution in [0.5, 0.6) is 0 Å². The molecule has 28 heavy (non-hydrogen) atoms. The summed E-state index contributed by atoms with van der Waals surface area (Å²) in [4.78, 5) is 17.0. The van der Waals surface area contributed by atoms with Gasteiger partial charge in [0.2, 0.25) is 0 Å². The number of rotatable bonds is 3. The van der Waals surface area contributed by atoms with Crippen molar-refractivity contribution in [1.29, 1.82) is 0 Å². The Morgan fingerprint density at radius 1 is 1.11 bits per heavy atom. The molecule has 5 nitrogen and oxygen atoms in total. The van der Waals surface area contributed by atoms with Gasteiger partial charge in [-0.05, 0) is 56.4 Å². The fraction of sp³-hybridized carbons (Fsp3) is 0.348. The van der Waals surface area contributed by atoms with E-state index in [1.54, 1.807) is 6.20 Å². The number of pyridine rings is 1. The number of fused-ring (bicyclic) bond motifs is 1. The normalized spacial score (nSPS) is 17.8. The highest BCUT2D eigenvalue weighted by Crippen LogP contribution is 2.41. The van der Waals surface area contributed by atoms with Crippen LogP contribution in [-0.2, 0) is 6.42 Å². The van der Waals surface area contributed by atoms with Gasteiger partial charge in [0, 0.05) is 17.5 Å². The van der Waals surface area contributed by atoms with Crippen molar-refractivity contribution in [2.75, 3.05) is 0 Å². The zero-order valence-corrected chi connectivity index (χ0v) is 16.9. The van der Waals surface area contributed by atoms with Gasteiger partial charge in [0.15, 0.2) is 0 Å². The Labute approximate surface area is 165 Å². The first kappa shape index (κ1) is 18.4. The molecular formula is C23H26N4O. The summed E-state index contributed by atoms with van der Waals surface area (Å²) in [5, 5.41) is 7.87.